The van der Waals surface area contributed by atoms with E-state index >= 15 is 0 Å². The summed E-state index contributed by atoms with van der Waals surface area (Å²) in [6, 6.07) is 8.46. The maximum Gasteiger partial charge on any atom is 0.303 e. The second-order valence-corrected chi connectivity index (χ2v) is 9.66. The number of benzene rings is 1. The fraction of sp³-hybridized carbons (Fsp3) is 0.708. The summed E-state index contributed by atoms with van der Waals surface area (Å²) in [5.41, 5.74) is 0.965. The van der Waals surface area contributed by atoms with Gasteiger partial charge in [0.25, 0.3) is 0 Å². The van der Waals surface area contributed by atoms with Crippen LogP contribution in [0.3, 0.4) is 0 Å². The topological polar surface area (TPSA) is 44.8 Å². The molecule has 4 aliphatic rings. The number of rotatable bonds is 7. The second-order valence-electron chi connectivity index (χ2n) is 9.66. The molecule has 1 aromatic carbocycles. The van der Waals surface area contributed by atoms with Crippen LogP contribution < -0.4 is 4.74 Å². The van der Waals surface area contributed by atoms with Crippen molar-refractivity contribution >= 4 is 5.97 Å². The minimum Gasteiger partial charge on any atom is -0.464 e. The van der Waals surface area contributed by atoms with Gasteiger partial charge in [-0.3, -0.25) is 4.79 Å². The van der Waals surface area contributed by atoms with E-state index in [1.54, 1.807) is 7.11 Å². The van der Waals surface area contributed by atoms with Crippen molar-refractivity contribution in [3.8, 4) is 5.75 Å². The van der Waals surface area contributed by atoms with Gasteiger partial charge in [-0.2, -0.15) is 0 Å². The summed E-state index contributed by atoms with van der Waals surface area (Å²) < 4.78 is 18.3. The Bertz CT molecular complexity index is 696. The van der Waals surface area contributed by atoms with E-state index in [4.69, 9.17) is 14.2 Å². The third-order valence-electron chi connectivity index (χ3n) is 7.43. The van der Waals surface area contributed by atoms with Crippen molar-refractivity contribution in [1.29, 1.82) is 0 Å². The maximum absolute atomic E-state index is 11.8. The lowest BCUT2D eigenvalue weighted by Crippen LogP contribution is -2.61. The molecule has 5 rings (SSSR count). The van der Waals surface area contributed by atoms with Gasteiger partial charge in [-0.05, 0) is 80.4 Å². The average molecular weight is 387 g/mol. The Balaban J connectivity index is 1.55. The van der Waals surface area contributed by atoms with Crippen LogP contribution in [0.2, 0.25) is 0 Å². The summed E-state index contributed by atoms with van der Waals surface area (Å²) >= 11 is 0. The first-order chi connectivity index (χ1) is 13.4. The van der Waals surface area contributed by atoms with Gasteiger partial charge in [-0.25, -0.2) is 0 Å². The van der Waals surface area contributed by atoms with Gasteiger partial charge in [0.05, 0.1) is 0 Å². The van der Waals surface area contributed by atoms with Crippen LogP contribution in [0.4, 0.5) is 0 Å². The molecule has 0 heterocycles. The first kappa shape index (κ1) is 19.8. The maximum atomic E-state index is 11.8. The van der Waals surface area contributed by atoms with Gasteiger partial charge in [-0.1, -0.05) is 26.0 Å². The Morgan fingerprint density at radius 3 is 2.32 bits per heavy atom. The molecule has 0 saturated heterocycles. The van der Waals surface area contributed by atoms with E-state index in [1.807, 2.05) is 0 Å². The molecule has 4 heteroatoms. The minimum absolute atomic E-state index is 0.0658. The van der Waals surface area contributed by atoms with Gasteiger partial charge in [0.2, 0.25) is 6.29 Å². The third-order valence-corrected chi connectivity index (χ3v) is 7.43. The molecule has 0 aromatic heterocycles. The highest BCUT2D eigenvalue weighted by Crippen LogP contribution is 2.64. The van der Waals surface area contributed by atoms with Crippen LogP contribution in [-0.4, -0.2) is 25.0 Å². The van der Waals surface area contributed by atoms with Crippen LogP contribution in [0.15, 0.2) is 24.3 Å². The normalized spacial score (nSPS) is 35.4. The summed E-state index contributed by atoms with van der Waals surface area (Å²) in [6.07, 6.45) is 7.16. The first-order valence-electron chi connectivity index (χ1n) is 10.9. The molecular weight excluding hydrogens is 352 g/mol. The molecule has 4 aliphatic carbocycles. The van der Waals surface area contributed by atoms with Gasteiger partial charge >= 0.3 is 5.97 Å². The Labute approximate surface area is 168 Å². The van der Waals surface area contributed by atoms with E-state index in [-0.39, 0.29) is 23.3 Å². The van der Waals surface area contributed by atoms with Crippen molar-refractivity contribution in [2.45, 2.75) is 83.5 Å². The number of hydrogen-bond donors (Lipinski definition) is 0. The van der Waals surface area contributed by atoms with Gasteiger partial charge < -0.3 is 14.2 Å². The van der Waals surface area contributed by atoms with E-state index in [0.717, 1.165) is 44.3 Å². The molecule has 4 atom stereocenters. The highest BCUT2D eigenvalue weighted by atomic mass is 16.7. The van der Waals surface area contributed by atoms with Crippen molar-refractivity contribution in [1.82, 2.24) is 0 Å². The lowest BCUT2D eigenvalue weighted by Gasteiger charge is -2.62. The van der Waals surface area contributed by atoms with Crippen LogP contribution in [0.1, 0.15) is 77.2 Å². The summed E-state index contributed by atoms with van der Waals surface area (Å²) in [5.74, 6) is 2.46. The Hall–Kier alpha value is -1.55. The Morgan fingerprint density at radius 1 is 1.14 bits per heavy atom. The minimum atomic E-state index is -0.309. The number of hydrogen-bond acceptors (Lipinski definition) is 4. The lowest BCUT2D eigenvalue weighted by atomic mass is 9.47. The molecule has 28 heavy (non-hydrogen) atoms. The molecule has 0 aliphatic heterocycles. The molecule has 0 amide bonds. The van der Waals surface area contributed by atoms with Crippen LogP contribution in [0, 0.1) is 17.3 Å². The monoisotopic (exact) mass is 386 g/mol. The molecule has 0 spiro atoms. The molecule has 4 fully saturated rings. The zero-order valence-corrected chi connectivity index (χ0v) is 17.7. The van der Waals surface area contributed by atoms with Crippen molar-refractivity contribution < 1.29 is 19.0 Å². The van der Waals surface area contributed by atoms with Crippen molar-refractivity contribution in [3.05, 3.63) is 29.8 Å². The van der Waals surface area contributed by atoms with Crippen LogP contribution >= 0.6 is 0 Å². The zero-order valence-electron chi connectivity index (χ0n) is 17.7. The molecule has 0 N–H and O–H groups in total. The number of ether oxygens (including phenoxy) is 3. The molecule has 4 bridgehead atoms. The fourth-order valence-electron chi connectivity index (χ4n) is 6.61. The molecule has 1 aromatic rings. The van der Waals surface area contributed by atoms with Crippen molar-refractivity contribution in [3.63, 3.8) is 0 Å². The quantitative estimate of drug-likeness (QED) is 0.461. The van der Waals surface area contributed by atoms with Gasteiger partial charge in [0.15, 0.2) is 0 Å². The van der Waals surface area contributed by atoms with Crippen LogP contribution in [-0.2, 0) is 14.3 Å². The number of carbonyl (C=O) groups excluding carboxylic acids is 1. The molecule has 0 radical (unpaired) electrons. The van der Waals surface area contributed by atoms with Crippen molar-refractivity contribution in [2.24, 2.45) is 17.3 Å². The van der Waals surface area contributed by atoms with E-state index < -0.39 is 0 Å². The number of esters is 1. The predicted molar refractivity (Wildman–Crippen MR) is 108 cm³/mol. The SMILES string of the molecule is CCC(C)c1ccc(OC(OC)C23CC4CC(CC(OC(C)=O)(C4)C2)C3)cc1. The summed E-state index contributed by atoms with van der Waals surface area (Å²) in [4.78, 5) is 11.8. The third kappa shape index (κ3) is 3.56. The highest BCUT2D eigenvalue weighted by molar-refractivity contribution is 5.66. The van der Waals surface area contributed by atoms with E-state index in [1.165, 1.54) is 18.9 Å². The first-order valence-corrected chi connectivity index (χ1v) is 10.9. The van der Waals surface area contributed by atoms with Gasteiger partial charge in [0.1, 0.15) is 11.4 Å². The summed E-state index contributed by atoms with van der Waals surface area (Å²) in [7, 11) is 1.75. The van der Waals surface area contributed by atoms with Crippen molar-refractivity contribution in [2.75, 3.05) is 7.11 Å². The van der Waals surface area contributed by atoms with Crippen LogP contribution in [0.25, 0.3) is 0 Å². The van der Waals surface area contributed by atoms with E-state index in [9.17, 15) is 4.79 Å². The van der Waals surface area contributed by atoms with Gasteiger partial charge in [0, 0.05) is 19.4 Å². The highest BCUT2D eigenvalue weighted by Gasteiger charge is 2.62. The molecule has 4 nitrogen and oxygen atoms in total. The predicted octanol–water partition coefficient (Wildman–Crippen LogP) is 5.45. The molecule has 4 saturated carbocycles. The summed E-state index contributed by atoms with van der Waals surface area (Å²) in [6.45, 7) is 5.99. The number of carbonyl (C=O) groups is 1. The molecule has 154 valence electrons. The lowest BCUT2D eigenvalue weighted by molar-refractivity contribution is -0.250. The molecule has 4 unspecified atom stereocenters. The van der Waals surface area contributed by atoms with E-state index in [2.05, 4.69) is 38.1 Å². The van der Waals surface area contributed by atoms with Gasteiger partial charge in [-0.15, -0.1) is 0 Å². The second kappa shape index (κ2) is 7.37. The average Bonchev–Trinajstić information content (AvgIpc) is 2.63. The molecular formula is C24H34O4. The largest absolute Gasteiger partial charge is 0.464 e. The zero-order chi connectivity index (χ0) is 19.9. The fourth-order valence-corrected chi connectivity index (χ4v) is 6.61. The standard InChI is InChI=1S/C24H34O4/c1-5-16(2)20-6-8-21(9-7-20)27-22(26-4)23-11-18-10-19(12-23)14-24(13-18,15-23)28-17(3)25/h6-9,16,18-19,22H,5,10-15H2,1-4H3. The smallest absolute Gasteiger partial charge is 0.303 e. The summed E-state index contributed by atoms with van der Waals surface area (Å²) in [5, 5.41) is 0. The number of methoxy groups -OCH3 is 1. The van der Waals surface area contributed by atoms with E-state index in [0.29, 0.717) is 17.8 Å². The Morgan fingerprint density at radius 2 is 1.79 bits per heavy atom. The Kier molecular flexibility index (Phi) is 5.20. The van der Waals surface area contributed by atoms with Crippen LogP contribution in [0.5, 0.6) is 5.75 Å².